The number of nitrogens with one attached hydrogen (secondary N) is 1. The minimum Gasteiger partial charge on any atom is -0.469 e. The lowest BCUT2D eigenvalue weighted by molar-refractivity contribution is -0.383. The van der Waals surface area contributed by atoms with E-state index in [9.17, 15) is 14.9 Å². The van der Waals surface area contributed by atoms with Crippen LogP contribution in [0.15, 0.2) is 24.3 Å². The predicted molar refractivity (Wildman–Crippen MR) is 68.4 cm³/mol. The molecule has 1 heterocycles. The zero-order chi connectivity index (χ0) is 13.8. The average Bonchev–Trinajstić information content (AvgIpc) is 2.81. The van der Waals surface area contributed by atoms with Gasteiger partial charge < -0.3 is 4.74 Å². The van der Waals surface area contributed by atoms with Gasteiger partial charge in [-0.05, 0) is 6.08 Å². The van der Waals surface area contributed by atoms with E-state index in [1.165, 1.54) is 13.2 Å². The number of methoxy groups -OCH3 is 1. The molecule has 0 aliphatic carbocycles. The third-order valence-corrected chi connectivity index (χ3v) is 2.59. The summed E-state index contributed by atoms with van der Waals surface area (Å²) in [7, 11) is 1.31. The van der Waals surface area contributed by atoms with Crippen LogP contribution in [0, 0.1) is 10.1 Å². The molecule has 19 heavy (non-hydrogen) atoms. The van der Waals surface area contributed by atoms with E-state index in [1.54, 1.807) is 24.3 Å². The van der Waals surface area contributed by atoms with Crippen LogP contribution in [-0.4, -0.2) is 28.2 Å². The number of rotatable bonds is 4. The van der Waals surface area contributed by atoms with E-state index in [-0.39, 0.29) is 18.1 Å². The molecule has 2 rings (SSSR count). The number of esters is 1. The number of benzene rings is 1. The number of aromatic amines is 1. The highest BCUT2D eigenvalue weighted by molar-refractivity contribution is 5.92. The SMILES string of the molecule is COC(=O)CC=Cc1[nH]nc2c([N+](=O)[O-])cccc12. The molecule has 7 nitrogen and oxygen atoms in total. The summed E-state index contributed by atoms with van der Waals surface area (Å²) in [6, 6.07) is 4.71. The van der Waals surface area contributed by atoms with Gasteiger partial charge in [-0.1, -0.05) is 18.2 Å². The second-order valence-electron chi connectivity index (χ2n) is 3.75. The van der Waals surface area contributed by atoms with Crippen LogP contribution in [0.1, 0.15) is 12.1 Å². The largest absolute Gasteiger partial charge is 0.469 e. The third kappa shape index (κ3) is 2.59. The molecule has 0 saturated carbocycles. The first-order valence-corrected chi connectivity index (χ1v) is 5.48. The first-order chi connectivity index (χ1) is 9.13. The van der Waals surface area contributed by atoms with Gasteiger partial charge in [-0.3, -0.25) is 20.0 Å². The average molecular weight is 261 g/mol. The maximum absolute atomic E-state index is 11.0. The lowest BCUT2D eigenvalue weighted by Gasteiger charge is -1.93. The summed E-state index contributed by atoms with van der Waals surface area (Å²) in [5.74, 6) is -0.356. The Kier molecular flexibility index (Phi) is 3.56. The molecule has 0 aliphatic heterocycles. The second kappa shape index (κ2) is 5.30. The lowest BCUT2D eigenvalue weighted by atomic mass is 10.1. The first kappa shape index (κ1) is 12.7. The summed E-state index contributed by atoms with van der Waals surface area (Å²) in [6.45, 7) is 0. The third-order valence-electron chi connectivity index (χ3n) is 2.59. The Morgan fingerprint density at radius 3 is 3.05 bits per heavy atom. The Bertz CT molecular complexity index is 660. The van der Waals surface area contributed by atoms with E-state index < -0.39 is 4.92 Å². The minimum absolute atomic E-state index is 0.0543. The number of nitro benzene ring substituents is 1. The Labute approximate surface area is 108 Å². The molecule has 0 aliphatic rings. The van der Waals surface area contributed by atoms with Crippen LogP contribution in [0.25, 0.3) is 17.0 Å². The van der Waals surface area contributed by atoms with Crippen molar-refractivity contribution in [3.63, 3.8) is 0 Å². The van der Waals surface area contributed by atoms with Crippen LogP contribution in [-0.2, 0) is 9.53 Å². The number of non-ortho nitro benzene ring substituents is 1. The molecule has 1 N–H and O–H groups in total. The highest BCUT2D eigenvalue weighted by Gasteiger charge is 2.15. The van der Waals surface area contributed by atoms with Crippen molar-refractivity contribution < 1.29 is 14.5 Å². The van der Waals surface area contributed by atoms with E-state index in [1.807, 2.05) is 0 Å². The van der Waals surface area contributed by atoms with Crippen molar-refractivity contribution in [1.29, 1.82) is 0 Å². The van der Waals surface area contributed by atoms with Gasteiger partial charge >= 0.3 is 5.97 Å². The number of nitrogens with zero attached hydrogens (tertiary/aromatic N) is 2. The van der Waals surface area contributed by atoms with E-state index in [0.29, 0.717) is 16.6 Å². The van der Waals surface area contributed by atoms with Crippen LogP contribution in [0.5, 0.6) is 0 Å². The second-order valence-corrected chi connectivity index (χ2v) is 3.75. The molecule has 7 heteroatoms. The van der Waals surface area contributed by atoms with Gasteiger partial charge in [0.25, 0.3) is 5.69 Å². The zero-order valence-electron chi connectivity index (χ0n) is 10.1. The number of ether oxygens (including phenoxy) is 1. The molecule has 2 aromatic rings. The summed E-state index contributed by atoms with van der Waals surface area (Å²) in [4.78, 5) is 21.3. The molecule has 0 saturated heterocycles. The van der Waals surface area contributed by atoms with Gasteiger partial charge in [0.1, 0.15) is 0 Å². The van der Waals surface area contributed by atoms with E-state index in [2.05, 4.69) is 14.9 Å². The molecule has 0 bridgehead atoms. The smallest absolute Gasteiger partial charge is 0.309 e. The number of hydrogen-bond donors (Lipinski definition) is 1. The summed E-state index contributed by atoms with van der Waals surface area (Å²) >= 11 is 0. The van der Waals surface area contributed by atoms with Crippen LogP contribution in [0.3, 0.4) is 0 Å². The fraction of sp³-hybridized carbons (Fsp3) is 0.167. The highest BCUT2D eigenvalue weighted by atomic mass is 16.6. The number of fused-ring (bicyclic) bond motifs is 1. The van der Waals surface area contributed by atoms with Crippen LogP contribution < -0.4 is 0 Å². The van der Waals surface area contributed by atoms with Gasteiger partial charge in [0, 0.05) is 11.5 Å². The number of H-pyrrole nitrogens is 1. The number of aromatic nitrogens is 2. The maximum Gasteiger partial charge on any atom is 0.309 e. The quantitative estimate of drug-likeness (QED) is 0.516. The Morgan fingerprint density at radius 1 is 1.58 bits per heavy atom. The molecule has 1 aromatic carbocycles. The van der Waals surface area contributed by atoms with Crippen molar-refractivity contribution in [2.24, 2.45) is 0 Å². The molecule has 0 radical (unpaired) electrons. The fourth-order valence-corrected chi connectivity index (χ4v) is 1.67. The lowest BCUT2D eigenvalue weighted by Crippen LogP contribution is -1.96. The molecule has 0 fully saturated rings. The van der Waals surface area contributed by atoms with Crippen LogP contribution >= 0.6 is 0 Å². The molecule has 98 valence electrons. The fourth-order valence-electron chi connectivity index (χ4n) is 1.67. The van der Waals surface area contributed by atoms with Gasteiger partial charge in [-0.15, -0.1) is 0 Å². The molecule has 0 unspecified atom stereocenters. The molecule has 0 spiro atoms. The summed E-state index contributed by atoms with van der Waals surface area (Å²) < 4.78 is 4.50. The Morgan fingerprint density at radius 2 is 2.37 bits per heavy atom. The minimum atomic E-state index is -0.481. The Hall–Kier alpha value is -2.70. The summed E-state index contributed by atoms with van der Waals surface area (Å²) in [5, 5.41) is 18.1. The zero-order valence-corrected chi connectivity index (χ0v) is 10.1. The van der Waals surface area contributed by atoms with Gasteiger partial charge in [-0.25, -0.2) is 0 Å². The van der Waals surface area contributed by atoms with Crippen molar-refractivity contribution in [2.75, 3.05) is 7.11 Å². The number of hydrogen-bond acceptors (Lipinski definition) is 5. The van der Waals surface area contributed by atoms with Crippen LogP contribution in [0.2, 0.25) is 0 Å². The number of carbonyl (C=O) groups is 1. The van der Waals surface area contributed by atoms with Gasteiger partial charge in [0.15, 0.2) is 5.52 Å². The number of para-hydroxylation sites is 1. The number of carbonyl (C=O) groups excluding carboxylic acids is 1. The first-order valence-electron chi connectivity index (χ1n) is 5.48. The summed E-state index contributed by atoms with van der Waals surface area (Å²) in [6.07, 6.45) is 3.39. The van der Waals surface area contributed by atoms with E-state index in [4.69, 9.17) is 0 Å². The number of nitro groups is 1. The molecule has 1 aromatic heterocycles. The van der Waals surface area contributed by atoms with Gasteiger partial charge in [-0.2, -0.15) is 5.10 Å². The molecular weight excluding hydrogens is 250 g/mol. The van der Waals surface area contributed by atoms with Crippen molar-refractivity contribution >= 4 is 28.6 Å². The molecule has 0 atom stereocenters. The summed E-state index contributed by atoms with van der Waals surface area (Å²) in [5.41, 5.74) is 0.856. The predicted octanol–water partition coefficient (Wildman–Crippen LogP) is 2.05. The maximum atomic E-state index is 11.0. The van der Waals surface area contributed by atoms with Crippen molar-refractivity contribution in [3.05, 3.63) is 40.1 Å². The van der Waals surface area contributed by atoms with Crippen molar-refractivity contribution in [3.8, 4) is 0 Å². The normalized spacial score (nSPS) is 11.0. The Balaban J connectivity index is 2.33. The standard InChI is InChI=1S/C12H11N3O4/c1-19-11(16)7-3-5-9-8-4-2-6-10(15(17)18)12(8)14-13-9/h2-6H,7H2,1H3,(H,13,14). The van der Waals surface area contributed by atoms with Crippen molar-refractivity contribution in [1.82, 2.24) is 10.2 Å². The molecular formula is C12H11N3O4. The van der Waals surface area contributed by atoms with E-state index >= 15 is 0 Å². The van der Waals surface area contributed by atoms with Crippen molar-refractivity contribution in [2.45, 2.75) is 6.42 Å². The van der Waals surface area contributed by atoms with Gasteiger partial charge in [0.2, 0.25) is 0 Å². The monoisotopic (exact) mass is 261 g/mol. The highest BCUT2D eigenvalue weighted by Crippen LogP contribution is 2.25. The van der Waals surface area contributed by atoms with Crippen LogP contribution in [0.4, 0.5) is 5.69 Å². The molecule has 0 amide bonds. The van der Waals surface area contributed by atoms with Gasteiger partial charge in [0.05, 0.1) is 24.1 Å². The van der Waals surface area contributed by atoms with E-state index in [0.717, 1.165) is 0 Å². The topological polar surface area (TPSA) is 98.1 Å².